The lowest BCUT2D eigenvalue weighted by Crippen LogP contribution is -2.28. The van der Waals surface area contributed by atoms with Gasteiger partial charge in [0.1, 0.15) is 0 Å². The summed E-state index contributed by atoms with van der Waals surface area (Å²) < 4.78 is 0. The molecule has 0 aromatic heterocycles. The maximum atomic E-state index is 3.45. The van der Waals surface area contributed by atoms with Crippen molar-refractivity contribution in [2.75, 3.05) is 18.1 Å². The molecule has 0 saturated heterocycles. The van der Waals surface area contributed by atoms with Crippen molar-refractivity contribution in [3.05, 3.63) is 0 Å². The normalized spacial score (nSPS) is 13.5. The predicted octanol–water partition coefficient (Wildman–Crippen LogP) is 2.13. The lowest BCUT2D eigenvalue weighted by Gasteiger charge is -2.11. The molecular formula is C8H19NS. The average molecular weight is 161 g/mol. The molecule has 0 rings (SSSR count). The molecule has 0 bridgehead atoms. The Bertz CT molecular complexity index is 58.3. The molecule has 2 heteroatoms. The fourth-order valence-corrected chi connectivity index (χ4v) is 1.45. The molecule has 0 aromatic carbocycles. The standard InChI is InChI=1S/C8H19NS/c1-4-6-9-8(3)7-10-5-2/h8-9H,4-7H2,1-3H3. The second-order valence-electron chi connectivity index (χ2n) is 2.51. The number of nitrogens with one attached hydrogen (secondary N) is 1. The molecule has 0 amide bonds. The summed E-state index contributed by atoms with van der Waals surface area (Å²) in [5.74, 6) is 2.48. The molecule has 1 atom stereocenters. The second kappa shape index (κ2) is 7.42. The van der Waals surface area contributed by atoms with Crippen LogP contribution in [0, 0.1) is 0 Å². The molecule has 0 radical (unpaired) electrons. The minimum atomic E-state index is 0.685. The minimum absolute atomic E-state index is 0.685. The van der Waals surface area contributed by atoms with Crippen LogP contribution < -0.4 is 5.32 Å². The van der Waals surface area contributed by atoms with Crippen molar-refractivity contribution in [2.45, 2.75) is 33.2 Å². The van der Waals surface area contributed by atoms with Crippen molar-refractivity contribution in [3.8, 4) is 0 Å². The van der Waals surface area contributed by atoms with E-state index in [1.165, 1.54) is 17.9 Å². The lowest BCUT2D eigenvalue weighted by molar-refractivity contribution is 0.590. The van der Waals surface area contributed by atoms with Crippen molar-refractivity contribution >= 4 is 11.8 Å². The fraction of sp³-hybridized carbons (Fsp3) is 1.00. The molecule has 1 unspecified atom stereocenters. The van der Waals surface area contributed by atoms with Gasteiger partial charge in [0.05, 0.1) is 0 Å². The Hall–Kier alpha value is 0.310. The van der Waals surface area contributed by atoms with E-state index in [2.05, 4.69) is 26.1 Å². The van der Waals surface area contributed by atoms with Gasteiger partial charge in [-0.1, -0.05) is 13.8 Å². The first kappa shape index (κ1) is 10.3. The summed E-state index contributed by atoms with van der Waals surface area (Å²) in [5, 5.41) is 3.45. The molecule has 10 heavy (non-hydrogen) atoms. The predicted molar refractivity (Wildman–Crippen MR) is 50.8 cm³/mol. The highest BCUT2D eigenvalue weighted by molar-refractivity contribution is 7.99. The van der Waals surface area contributed by atoms with E-state index < -0.39 is 0 Å². The van der Waals surface area contributed by atoms with Crippen LogP contribution in [0.1, 0.15) is 27.2 Å². The summed E-state index contributed by atoms with van der Waals surface area (Å²) >= 11 is 2.00. The summed E-state index contributed by atoms with van der Waals surface area (Å²) in [6.45, 7) is 7.81. The Kier molecular flexibility index (Phi) is 7.65. The van der Waals surface area contributed by atoms with E-state index in [0.717, 1.165) is 6.54 Å². The van der Waals surface area contributed by atoms with Gasteiger partial charge in [-0.15, -0.1) is 0 Å². The monoisotopic (exact) mass is 161 g/mol. The van der Waals surface area contributed by atoms with E-state index in [4.69, 9.17) is 0 Å². The summed E-state index contributed by atoms with van der Waals surface area (Å²) in [6, 6.07) is 0.685. The van der Waals surface area contributed by atoms with Gasteiger partial charge in [0.25, 0.3) is 0 Å². The van der Waals surface area contributed by atoms with Gasteiger partial charge in [0, 0.05) is 11.8 Å². The summed E-state index contributed by atoms with van der Waals surface area (Å²) in [4.78, 5) is 0. The van der Waals surface area contributed by atoms with E-state index in [0.29, 0.717) is 6.04 Å². The van der Waals surface area contributed by atoms with Gasteiger partial charge in [-0.05, 0) is 25.6 Å². The number of thioether (sulfide) groups is 1. The number of hydrogen-bond acceptors (Lipinski definition) is 2. The number of hydrogen-bond donors (Lipinski definition) is 1. The Morgan fingerprint density at radius 1 is 1.40 bits per heavy atom. The van der Waals surface area contributed by atoms with Crippen LogP contribution in [0.2, 0.25) is 0 Å². The van der Waals surface area contributed by atoms with Gasteiger partial charge >= 0.3 is 0 Å². The van der Waals surface area contributed by atoms with Gasteiger partial charge in [0.2, 0.25) is 0 Å². The van der Waals surface area contributed by atoms with Crippen LogP contribution in [-0.2, 0) is 0 Å². The Balaban J connectivity index is 3.00. The van der Waals surface area contributed by atoms with Crippen LogP contribution in [0.5, 0.6) is 0 Å². The van der Waals surface area contributed by atoms with E-state index in [9.17, 15) is 0 Å². The first-order valence-corrected chi connectivity index (χ1v) is 5.27. The van der Waals surface area contributed by atoms with Crippen LogP contribution in [0.15, 0.2) is 0 Å². The van der Waals surface area contributed by atoms with Crippen LogP contribution in [0.4, 0.5) is 0 Å². The zero-order valence-electron chi connectivity index (χ0n) is 7.31. The van der Waals surface area contributed by atoms with Crippen LogP contribution in [0.25, 0.3) is 0 Å². The van der Waals surface area contributed by atoms with Crippen molar-refractivity contribution in [3.63, 3.8) is 0 Å². The highest BCUT2D eigenvalue weighted by atomic mass is 32.2. The first-order chi connectivity index (χ1) is 4.81. The highest BCUT2D eigenvalue weighted by Gasteiger charge is 1.97. The quantitative estimate of drug-likeness (QED) is 0.640. The number of rotatable bonds is 6. The van der Waals surface area contributed by atoms with E-state index in [-0.39, 0.29) is 0 Å². The smallest absolute Gasteiger partial charge is 0.0129 e. The summed E-state index contributed by atoms with van der Waals surface area (Å²) in [6.07, 6.45) is 1.24. The van der Waals surface area contributed by atoms with Crippen molar-refractivity contribution in [1.82, 2.24) is 5.32 Å². The Morgan fingerprint density at radius 3 is 2.60 bits per heavy atom. The zero-order chi connectivity index (χ0) is 7.82. The highest BCUT2D eigenvalue weighted by Crippen LogP contribution is 2.00. The lowest BCUT2D eigenvalue weighted by atomic mass is 10.3. The molecule has 0 saturated carbocycles. The maximum Gasteiger partial charge on any atom is 0.0129 e. The molecule has 0 aromatic rings. The first-order valence-electron chi connectivity index (χ1n) is 4.12. The average Bonchev–Trinajstić information content (AvgIpc) is 1.97. The largest absolute Gasteiger partial charge is 0.313 e. The second-order valence-corrected chi connectivity index (χ2v) is 3.83. The van der Waals surface area contributed by atoms with Gasteiger partial charge in [-0.3, -0.25) is 0 Å². The fourth-order valence-electron chi connectivity index (χ4n) is 0.744. The maximum absolute atomic E-state index is 3.45. The molecule has 0 spiro atoms. The topological polar surface area (TPSA) is 12.0 Å². The molecule has 0 aliphatic heterocycles. The molecule has 0 heterocycles. The minimum Gasteiger partial charge on any atom is -0.313 e. The molecule has 0 fully saturated rings. The van der Waals surface area contributed by atoms with Crippen molar-refractivity contribution in [2.24, 2.45) is 0 Å². The molecule has 0 aliphatic rings. The summed E-state index contributed by atoms with van der Waals surface area (Å²) in [5.41, 5.74) is 0. The third-order valence-corrected chi connectivity index (χ3v) is 2.46. The van der Waals surface area contributed by atoms with Gasteiger partial charge in [-0.25, -0.2) is 0 Å². The van der Waals surface area contributed by atoms with Gasteiger partial charge in [-0.2, -0.15) is 11.8 Å². The molecule has 1 N–H and O–H groups in total. The zero-order valence-corrected chi connectivity index (χ0v) is 8.13. The molecule has 1 nitrogen and oxygen atoms in total. The summed E-state index contributed by atoms with van der Waals surface area (Å²) in [7, 11) is 0. The molecule has 62 valence electrons. The van der Waals surface area contributed by atoms with Gasteiger partial charge < -0.3 is 5.32 Å². The SMILES string of the molecule is CCCNC(C)CSCC. The van der Waals surface area contributed by atoms with Crippen LogP contribution in [0.3, 0.4) is 0 Å². The van der Waals surface area contributed by atoms with E-state index >= 15 is 0 Å². The third-order valence-electron chi connectivity index (χ3n) is 1.31. The Morgan fingerprint density at radius 2 is 2.10 bits per heavy atom. The van der Waals surface area contributed by atoms with Crippen LogP contribution in [-0.4, -0.2) is 24.1 Å². The van der Waals surface area contributed by atoms with Gasteiger partial charge in [0.15, 0.2) is 0 Å². The van der Waals surface area contributed by atoms with Crippen LogP contribution >= 0.6 is 11.8 Å². The van der Waals surface area contributed by atoms with Crippen molar-refractivity contribution < 1.29 is 0 Å². The Labute approximate surface area is 69.0 Å². The van der Waals surface area contributed by atoms with E-state index in [1.807, 2.05) is 11.8 Å². The van der Waals surface area contributed by atoms with Crippen molar-refractivity contribution in [1.29, 1.82) is 0 Å². The van der Waals surface area contributed by atoms with E-state index in [1.54, 1.807) is 0 Å². The third kappa shape index (κ3) is 6.43. The molecule has 0 aliphatic carbocycles. The molecular weight excluding hydrogens is 142 g/mol.